The molecule has 3 aromatic rings. The Morgan fingerprint density at radius 2 is 1.93 bits per heavy atom. The fraction of sp³-hybridized carbons (Fsp3) is 0.381. The number of rotatable bonds is 7. The van der Waals surface area contributed by atoms with Gasteiger partial charge in [-0.3, -0.25) is 9.69 Å². The van der Waals surface area contributed by atoms with Crippen LogP contribution in [0.25, 0.3) is 10.2 Å². The number of aromatic nitrogens is 1. The Kier molecular flexibility index (Phi) is 5.87. The van der Waals surface area contributed by atoms with Crippen molar-refractivity contribution in [1.82, 2.24) is 14.8 Å². The number of thiophene rings is 1. The number of morpholine rings is 1. The van der Waals surface area contributed by atoms with Gasteiger partial charge in [-0.05, 0) is 29.5 Å². The van der Waals surface area contributed by atoms with Gasteiger partial charge in [0.1, 0.15) is 5.69 Å². The van der Waals surface area contributed by atoms with Crippen LogP contribution >= 0.6 is 11.3 Å². The van der Waals surface area contributed by atoms with Gasteiger partial charge in [-0.1, -0.05) is 30.3 Å². The smallest absolute Gasteiger partial charge is 0.268 e. The van der Waals surface area contributed by atoms with Crippen molar-refractivity contribution in [2.24, 2.45) is 0 Å². The maximum Gasteiger partial charge on any atom is 0.268 e. The molecule has 0 atom stereocenters. The van der Waals surface area contributed by atoms with Gasteiger partial charge in [-0.25, -0.2) is 0 Å². The van der Waals surface area contributed by atoms with Crippen molar-refractivity contribution in [2.45, 2.75) is 13.0 Å². The molecule has 0 spiro atoms. The van der Waals surface area contributed by atoms with E-state index in [1.165, 1.54) is 10.3 Å². The Balaban J connectivity index is 1.42. The molecule has 1 saturated heterocycles. The second-order valence-electron chi connectivity index (χ2n) is 6.80. The van der Waals surface area contributed by atoms with E-state index in [1.54, 1.807) is 11.3 Å². The van der Waals surface area contributed by atoms with Crippen LogP contribution in [-0.2, 0) is 17.7 Å². The van der Waals surface area contributed by atoms with Crippen molar-refractivity contribution < 1.29 is 9.53 Å². The number of carbonyl (C=O) groups is 1. The lowest BCUT2D eigenvalue weighted by Crippen LogP contribution is -2.41. The summed E-state index contributed by atoms with van der Waals surface area (Å²) in [6, 6.07) is 14.6. The minimum Gasteiger partial charge on any atom is -0.379 e. The molecule has 0 aliphatic carbocycles. The molecule has 1 aromatic carbocycles. The highest BCUT2D eigenvalue weighted by atomic mass is 32.1. The number of fused-ring (bicyclic) bond motifs is 1. The molecule has 1 N–H and O–H groups in total. The zero-order chi connectivity index (χ0) is 18.5. The summed E-state index contributed by atoms with van der Waals surface area (Å²) in [4.78, 5) is 15.1. The van der Waals surface area contributed by atoms with E-state index in [0.29, 0.717) is 6.54 Å². The first-order valence-corrected chi connectivity index (χ1v) is 10.4. The van der Waals surface area contributed by atoms with E-state index in [-0.39, 0.29) is 5.91 Å². The summed E-state index contributed by atoms with van der Waals surface area (Å²) in [6.45, 7) is 5.79. The van der Waals surface area contributed by atoms with Crippen molar-refractivity contribution in [3.8, 4) is 0 Å². The summed E-state index contributed by atoms with van der Waals surface area (Å²) in [5.41, 5.74) is 3.19. The van der Waals surface area contributed by atoms with E-state index in [1.807, 2.05) is 12.1 Å². The van der Waals surface area contributed by atoms with Gasteiger partial charge < -0.3 is 14.6 Å². The highest BCUT2D eigenvalue weighted by molar-refractivity contribution is 7.17. The first kappa shape index (κ1) is 18.2. The van der Waals surface area contributed by atoms with Crippen LogP contribution < -0.4 is 5.32 Å². The van der Waals surface area contributed by atoms with E-state index in [9.17, 15) is 4.79 Å². The third-order valence-corrected chi connectivity index (χ3v) is 5.89. The molecule has 3 heterocycles. The van der Waals surface area contributed by atoms with Gasteiger partial charge >= 0.3 is 0 Å². The molecule has 1 aliphatic heterocycles. The van der Waals surface area contributed by atoms with Crippen LogP contribution in [0.15, 0.2) is 47.8 Å². The minimum atomic E-state index is 0.0136. The Morgan fingerprint density at radius 3 is 2.74 bits per heavy atom. The lowest BCUT2D eigenvalue weighted by molar-refractivity contribution is 0.0383. The summed E-state index contributed by atoms with van der Waals surface area (Å²) in [5, 5.41) is 5.19. The SMILES string of the molecule is O=C(NCCN1CCOCC1)c1cc2sccc2n1CCc1ccccc1. The molecule has 142 valence electrons. The fourth-order valence-electron chi connectivity index (χ4n) is 3.53. The molecule has 1 aliphatic rings. The fourth-order valence-corrected chi connectivity index (χ4v) is 4.36. The maximum absolute atomic E-state index is 12.8. The molecule has 6 heteroatoms. The molecule has 27 heavy (non-hydrogen) atoms. The summed E-state index contributed by atoms with van der Waals surface area (Å²) < 4.78 is 8.69. The number of hydrogen-bond acceptors (Lipinski definition) is 4. The van der Waals surface area contributed by atoms with Crippen molar-refractivity contribution in [1.29, 1.82) is 0 Å². The van der Waals surface area contributed by atoms with Gasteiger partial charge in [0.15, 0.2) is 0 Å². The molecule has 1 fully saturated rings. The van der Waals surface area contributed by atoms with Crippen molar-refractivity contribution in [3.05, 3.63) is 59.1 Å². The van der Waals surface area contributed by atoms with Crippen LogP contribution in [0.5, 0.6) is 0 Å². The van der Waals surface area contributed by atoms with E-state index in [0.717, 1.165) is 57.0 Å². The first-order chi connectivity index (χ1) is 13.3. The second-order valence-corrected chi connectivity index (χ2v) is 7.74. The molecule has 1 amide bonds. The van der Waals surface area contributed by atoms with Gasteiger partial charge in [0.05, 0.1) is 23.4 Å². The van der Waals surface area contributed by atoms with Crippen LogP contribution in [-0.4, -0.2) is 54.8 Å². The molecular formula is C21H25N3O2S. The molecular weight excluding hydrogens is 358 g/mol. The summed E-state index contributed by atoms with van der Waals surface area (Å²) >= 11 is 1.69. The summed E-state index contributed by atoms with van der Waals surface area (Å²) in [6.07, 6.45) is 0.911. The van der Waals surface area contributed by atoms with Crippen molar-refractivity contribution in [2.75, 3.05) is 39.4 Å². The molecule has 5 nitrogen and oxygen atoms in total. The number of aryl methyl sites for hydroxylation is 2. The quantitative estimate of drug-likeness (QED) is 0.682. The minimum absolute atomic E-state index is 0.0136. The zero-order valence-corrected chi connectivity index (χ0v) is 16.2. The zero-order valence-electron chi connectivity index (χ0n) is 15.4. The van der Waals surface area contributed by atoms with Gasteiger partial charge in [-0.15, -0.1) is 11.3 Å². The third kappa shape index (κ3) is 4.40. The van der Waals surface area contributed by atoms with Gasteiger partial charge in [0, 0.05) is 32.7 Å². The molecule has 0 bridgehead atoms. The van der Waals surface area contributed by atoms with E-state index < -0.39 is 0 Å². The Morgan fingerprint density at radius 1 is 1.11 bits per heavy atom. The predicted molar refractivity (Wildman–Crippen MR) is 110 cm³/mol. The number of benzene rings is 1. The lowest BCUT2D eigenvalue weighted by Gasteiger charge is -2.26. The van der Waals surface area contributed by atoms with Gasteiger partial charge in [-0.2, -0.15) is 0 Å². The van der Waals surface area contributed by atoms with Crippen molar-refractivity contribution >= 4 is 27.5 Å². The number of nitrogens with zero attached hydrogens (tertiary/aromatic N) is 2. The highest BCUT2D eigenvalue weighted by Crippen LogP contribution is 2.25. The third-order valence-electron chi connectivity index (χ3n) is 5.04. The first-order valence-electron chi connectivity index (χ1n) is 9.50. The maximum atomic E-state index is 12.8. The average Bonchev–Trinajstić information content (AvgIpc) is 3.29. The van der Waals surface area contributed by atoms with Crippen LogP contribution in [0.3, 0.4) is 0 Å². The van der Waals surface area contributed by atoms with E-state index >= 15 is 0 Å². The lowest BCUT2D eigenvalue weighted by atomic mass is 10.1. The van der Waals surface area contributed by atoms with Crippen LogP contribution in [0, 0.1) is 0 Å². The number of amides is 1. The summed E-state index contributed by atoms with van der Waals surface area (Å²) in [5.74, 6) is 0.0136. The normalized spacial score (nSPS) is 15.3. The second kappa shape index (κ2) is 8.69. The van der Waals surface area contributed by atoms with Gasteiger partial charge in [0.25, 0.3) is 5.91 Å². The van der Waals surface area contributed by atoms with E-state index in [4.69, 9.17) is 4.74 Å². The summed E-state index contributed by atoms with van der Waals surface area (Å²) in [7, 11) is 0. The largest absolute Gasteiger partial charge is 0.379 e. The predicted octanol–water partition coefficient (Wildman–Crippen LogP) is 3.01. The average molecular weight is 384 g/mol. The number of nitrogens with one attached hydrogen (secondary N) is 1. The van der Waals surface area contributed by atoms with Crippen LogP contribution in [0.4, 0.5) is 0 Å². The van der Waals surface area contributed by atoms with Crippen LogP contribution in [0.1, 0.15) is 16.1 Å². The Hall–Kier alpha value is -2.15. The number of carbonyl (C=O) groups excluding carboxylic acids is 1. The molecule has 0 radical (unpaired) electrons. The monoisotopic (exact) mass is 383 g/mol. The molecule has 0 saturated carbocycles. The Labute approximate surface area is 163 Å². The standard InChI is InChI=1S/C21H25N3O2S/c25-21(22-8-10-23-11-13-26-14-12-23)19-16-20-18(7-15-27-20)24(19)9-6-17-4-2-1-3-5-17/h1-5,7,15-16H,6,8-14H2,(H,22,25). The molecule has 4 rings (SSSR count). The highest BCUT2D eigenvalue weighted by Gasteiger charge is 2.17. The number of ether oxygens (including phenoxy) is 1. The van der Waals surface area contributed by atoms with E-state index in [2.05, 4.69) is 50.5 Å². The van der Waals surface area contributed by atoms with Crippen molar-refractivity contribution in [3.63, 3.8) is 0 Å². The molecule has 2 aromatic heterocycles. The Bertz CT molecular complexity index is 881. The topological polar surface area (TPSA) is 46.5 Å². The number of hydrogen-bond donors (Lipinski definition) is 1. The molecule has 0 unspecified atom stereocenters. The van der Waals surface area contributed by atoms with Gasteiger partial charge in [0.2, 0.25) is 0 Å². The van der Waals surface area contributed by atoms with Crippen LogP contribution in [0.2, 0.25) is 0 Å².